The molecular formula is C19H18N2. The summed E-state index contributed by atoms with van der Waals surface area (Å²) in [5.74, 6) is 0. The average Bonchev–Trinajstić information content (AvgIpc) is 3.21. The van der Waals surface area contributed by atoms with Crippen LogP contribution in [0.25, 0.3) is 36.5 Å². The first-order chi connectivity index (χ1) is 10.3. The molecule has 0 saturated heterocycles. The van der Waals surface area contributed by atoms with E-state index in [-0.39, 0.29) is 0 Å². The summed E-state index contributed by atoms with van der Waals surface area (Å²) >= 11 is 0. The van der Waals surface area contributed by atoms with Gasteiger partial charge in [0, 0.05) is 38.9 Å². The Hall–Kier alpha value is -2.48. The number of fused-ring (bicyclic) bond motifs is 2. The van der Waals surface area contributed by atoms with Crippen molar-refractivity contribution in [2.75, 3.05) is 0 Å². The van der Waals surface area contributed by atoms with E-state index in [1.807, 2.05) is 0 Å². The van der Waals surface area contributed by atoms with Crippen LogP contribution in [-0.2, 0) is 6.42 Å². The van der Waals surface area contributed by atoms with Crippen molar-refractivity contribution in [3.8, 4) is 0 Å². The molecule has 0 aromatic carbocycles. The van der Waals surface area contributed by atoms with Gasteiger partial charge < -0.3 is 9.97 Å². The van der Waals surface area contributed by atoms with Gasteiger partial charge in [-0.25, -0.2) is 0 Å². The third-order valence-corrected chi connectivity index (χ3v) is 4.40. The van der Waals surface area contributed by atoms with Gasteiger partial charge >= 0.3 is 0 Å². The summed E-state index contributed by atoms with van der Waals surface area (Å²) < 4.78 is 0. The number of nitrogens with one attached hydrogen (secondary N) is 2. The first kappa shape index (κ1) is 12.3. The summed E-state index contributed by atoms with van der Waals surface area (Å²) in [7, 11) is 0. The molecule has 2 heterocycles. The van der Waals surface area contributed by atoms with Gasteiger partial charge in [-0.3, -0.25) is 0 Å². The molecule has 2 N–H and O–H groups in total. The SMILES string of the molecule is CC=c1[nH]c2c(c1Cc1c3c([nH]c1=CC)=CC=C3)C=CC=2. The van der Waals surface area contributed by atoms with Gasteiger partial charge in [0.15, 0.2) is 0 Å². The Kier molecular flexibility index (Phi) is 2.64. The maximum Gasteiger partial charge on any atom is 0.0461 e. The molecule has 104 valence electrons. The lowest BCUT2D eigenvalue weighted by Gasteiger charge is -2.02. The standard InChI is InChI=1S/C19H18N2/c1-3-16-14(12-7-5-9-18(12)20-16)11-15-13-8-6-10-19(13)21-17(15)4-2/h3-10,20-21H,11H2,1-2H3. The summed E-state index contributed by atoms with van der Waals surface area (Å²) in [6.07, 6.45) is 18.2. The minimum absolute atomic E-state index is 0.952. The van der Waals surface area contributed by atoms with E-state index in [9.17, 15) is 0 Å². The van der Waals surface area contributed by atoms with E-state index in [4.69, 9.17) is 0 Å². The highest BCUT2D eigenvalue weighted by Gasteiger charge is 2.15. The second-order valence-electron chi connectivity index (χ2n) is 5.49. The fourth-order valence-corrected chi connectivity index (χ4v) is 3.37. The molecule has 0 amide bonds. The summed E-state index contributed by atoms with van der Waals surface area (Å²) in [5.41, 5.74) is 5.46. The Balaban J connectivity index is 1.94. The summed E-state index contributed by atoms with van der Waals surface area (Å²) in [6.45, 7) is 4.19. The van der Waals surface area contributed by atoms with Crippen molar-refractivity contribution in [1.29, 1.82) is 0 Å². The van der Waals surface area contributed by atoms with Crippen LogP contribution in [0.15, 0.2) is 12.2 Å². The van der Waals surface area contributed by atoms with E-state index >= 15 is 0 Å². The van der Waals surface area contributed by atoms with Crippen LogP contribution in [0.1, 0.15) is 36.1 Å². The first-order valence-electron chi connectivity index (χ1n) is 7.43. The first-order valence-corrected chi connectivity index (χ1v) is 7.43. The van der Waals surface area contributed by atoms with E-state index in [2.05, 4.69) is 72.4 Å². The third-order valence-electron chi connectivity index (χ3n) is 4.40. The van der Waals surface area contributed by atoms with Crippen LogP contribution in [0.4, 0.5) is 0 Å². The molecule has 2 heteroatoms. The topological polar surface area (TPSA) is 31.6 Å². The molecular weight excluding hydrogens is 256 g/mol. The fourth-order valence-electron chi connectivity index (χ4n) is 3.37. The molecule has 0 radical (unpaired) electrons. The summed E-state index contributed by atoms with van der Waals surface area (Å²) in [4.78, 5) is 7.02. The van der Waals surface area contributed by atoms with Gasteiger partial charge in [0.1, 0.15) is 0 Å². The lowest BCUT2D eigenvalue weighted by molar-refractivity contribution is 1.13. The van der Waals surface area contributed by atoms with Crippen molar-refractivity contribution < 1.29 is 0 Å². The number of hydrogen-bond acceptors (Lipinski definition) is 0. The number of aromatic nitrogens is 2. The maximum absolute atomic E-state index is 3.51. The maximum atomic E-state index is 3.51. The van der Waals surface area contributed by atoms with Crippen molar-refractivity contribution in [2.45, 2.75) is 20.3 Å². The van der Waals surface area contributed by atoms with E-state index in [1.165, 1.54) is 43.7 Å². The Morgan fingerprint density at radius 1 is 0.810 bits per heavy atom. The van der Waals surface area contributed by atoms with E-state index in [0.717, 1.165) is 6.42 Å². The Bertz CT molecular complexity index is 937. The van der Waals surface area contributed by atoms with Crippen LogP contribution in [0.2, 0.25) is 0 Å². The average molecular weight is 274 g/mol. The Morgan fingerprint density at radius 2 is 1.29 bits per heavy atom. The second-order valence-corrected chi connectivity index (χ2v) is 5.49. The molecule has 2 aliphatic carbocycles. The Morgan fingerprint density at radius 3 is 1.71 bits per heavy atom. The van der Waals surface area contributed by atoms with Crippen LogP contribution in [-0.4, -0.2) is 9.97 Å². The van der Waals surface area contributed by atoms with Crippen molar-refractivity contribution in [2.24, 2.45) is 0 Å². The molecule has 0 aliphatic heterocycles. The molecule has 0 saturated carbocycles. The molecule has 2 aromatic rings. The van der Waals surface area contributed by atoms with Gasteiger partial charge in [0.25, 0.3) is 0 Å². The van der Waals surface area contributed by atoms with Crippen molar-refractivity contribution in [3.63, 3.8) is 0 Å². The Labute approximate surface area is 123 Å². The van der Waals surface area contributed by atoms with E-state index < -0.39 is 0 Å². The van der Waals surface area contributed by atoms with Crippen molar-refractivity contribution >= 4 is 36.5 Å². The molecule has 2 nitrogen and oxygen atoms in total. The van der Waals surface area contributed by atoms with Gasteiger partial charge in [-0.15, -0.1) is 0 Å². The van der Waals surface area contributed by atoms with E-state index in [0.29, 0.717) is 0 Å². The lowest BCUT2D eigenvalue weighted by Crippen LogP contribution is -2.15. The van der Waals surface area contributed by atoms with E-state index in [1.54, 1.807) is 0 Å². The van der Waals surface area contributed by atoms with Crippen LogP contribution < -0.4 is 21.4 Å². The predicted molar refractivity (Wildman–Crippen MR) is 90.2 cm³/mol. The fraction of sp³-hybridized carbons (Fsp3) is 0.158. The highest BCUT2D eigenvalue weighted by molar-refractivity contribution is 5.71. The quantitative estimate of drug-likeness (QED) is 0.823. The zero-order chi connectivity index (χ0) is 14.4. The molecule has 0 spiro atoms. The molecule has 21 heavy (non-hydrogen) atoms. The minimum atomic E-state index is 0.952. The third kappa shape index (κ3) is 1.72. The van der Waals surface area contributed by atoms with Crippen LogP contribution >= 0.6 is 0 Å². The molecule has 0 bridgehead atoms. The highest BCUT2D eigenvalue weighted by Crippen LogP contribution is 2.14. The normalized spacial score (nSPS) is 16.3. The van der Waals surface area contributed by atoms with Gasteiger partial charge in [-0.1, -0.05) is 36.5 Å². The molecule has 0 fully saturated rings. The predicted octanol–water partition coefficient (Wildman–Crippen LogP) is 1.15. The molecule has 4 rings (SSSR count). The molecule has 0 unspecified atom stereocenters. The zero-order valence-electron chi connectivity index (χ0n) is 12.3. The zero-order valence-corrected chi connectivity index (χ0v) is 12.3. The van der Waals surface area contributed by atoms with Crippen LogP contribution in [0.3, 0.4) is 0 Å². The summed E-state index contributed by atoms with van der Waals surface area (Å²) in [6, 6.07) is 0. The second kappa shape index (κ2) is 4.52. The summed E-state index contributed by atoms with van der Waals surface area (Å²) in [5, 5.41) is 4.94. The molecule has 2 aromatic heterocycles. The smallest absolute Gasteiger partial charge is 0.0461 e. The minimum Gasteiger partial charge on any atom is -0.355 e. The lowest BCUT2D eigenvalue weighted by atomic mass is 10.0. The van der Waals surface area contributed by atoms with Gasteiger partial charge in [-0.2, -0.15) is 0 Å². The van der Waals surface area contributed by atoms with Gasteiger partial charge in [0.05, 0.1) is 0 Å². The number of H-pyrrole nitrogens is 2. The van der Waals surface area contributed by atoms with Gasteiger partial charge in [0.2, 0.25) is 0 Å². The highest BCUT2D eigenvalue weighted by atomic mass is 14.7. The number of rotatable bonds is 2. The van der Waals surface area contributed by atoms with Crippen LogP contribution in [0, 0.1) is 0 Å². The molecule has 0 atom stereocenters. The monoisotopic (exact) mass is 274 g/mol. The molecule has 2 aliphatic rings. The van der Waals surface area contributed by atoms with Crippen molar-refractivity contribution in [3.05, 3.63) is 55.8 Å². The number of hydrogen-bond donors (Lipinski definition) is 2. The largest absolute Gasteiger partial charge is 0.355 e. The van der Waals surface area contributed by atoms with Crippen LogP contribution in [0.5, 0.6) is 0 Å². The number of allylic oxidation sites excluding steroid dienone is 2. The van der Waals surface area contributed by atoms with Gasteiger partial charge in [-0.05, 0) is 37.1 Å². The number of aromatic amines is 2. The van der Waals surface area contributed by atoms with Crippen molar-refractivity contribution in [1.82, 2.24) is 9.97 Å².